The molecule has 5 aliphatic rings. The third-order valence-electron chi connectivity index (χ3n) is 14.5. The second-order valence-electron chi connectivity index (χ2n) is 19.2. The number of benzene rings is 3. The van der Waals surface area contributed by atoms with Gasteiger partial charge in [0.25, 0.3) is 11.8 Å². The topological polar surface area (TPSA) is 198 Å². The summed E-state index contributed by atoms with van der Waals surface area (Å²) in [5, 5.41) is 9.67. The van der Waals surface area contributed by atoms with Gasteiger partial charge in [0.05, 0.1) is 44.9 Å². The molecule has 5 aromatic rings. The van der Waals surface area contributed by atoms with E-state index in [4.69, 9.17) is 9.72 Å². The minimum atomic E-state index is -2.78. The van der Waals surface area contributed by atoms with Crippen LogP contribution in [0.4, 0.5) is 34.5 Å². The molecule has 18 nitrogen and oxygen atoms in total. The summed E-state index contributed by atoms with van der Waals surface area (Å²) in [5.74, 6) is 0.130. The van der Waals surface area contributed by atoms with Crippen molar-refractivity contribution >= 4 is 97.6 Å². The van der Waals surface area contributed by atoms with Crippen LogP contribution < -0.4 is 35.8 Å². The van der Waals surface area contributed by atoms with Gasteiger partial charge in [-0.25, -0.2) is 4.98 Å². The number of imide groups is 2. The molecule has 0 aliphatic carbocycles. The average molecular weight is 1030 g/mol. The summed E-state index contributed by atoms with van der Waals surface area (Å²) >= 11 is 3.60. The van der Waals surface area contributed by atoms with Gasteiger partial charge in [0.15, 0.2) is 0 Å². The highest BCUT2D eigenvalue weighted by atomic mass is 79.9. The fourth-order valence-electron chi connectivity index (χ4n) is 10.9. The van der Waals surface area contributed by atoms with Crippen LogP contribution in [0.3, 0.4) is 0 Å². The van der Waals surface area contributed by atoms with Crippen LogP contribution in [0.15, 0.2) is 65.5 Å². The lowest BCUT2D eigenvalue weighted by molar-refractivity contribution is -0.136. The van der Waals surface area contributed by atoms with Crippen LogP contribution in [0.1, 0.15) is 65.3 Å². The number of rotatable bonds is 13. The number of fused-ring (bicyclic) bond motifs is 2. The molecule has 3 aromatic carbocycles. The maximum atomic E-state index is 13.6. The van der Waals surface area contributed by atoms with Crippen LogP contribution in [0, 0.1) is 5.92 Å². The minimum absolute atomic E-state index is 0.0951. The van der Waals surface area contributed by atoms with Crippen LogP contribution in [-0.4, -0.2) is 150 Å². The Morgan fingerprint density at radius 3 is 2.33 bits per heavy atom. The van der Waals surface area contributed by atoms with Crippen molar-refractivity contribution in [2.45, 2.75) is 57.5 Å². The number of ether oxygens (including phenoxy) is 1. The van der Waals surface area contributed by atoms with E-state index in [1.54, 1.807) is 51.2 Å². The molecule has 10 rings (SSSR count). The molecule has 1 unspecified atom stereocenters. The zero-order valence-corrected chi connectivity index (χ0v) is 42.4. The van der Waals surface area contributed by atoms with Gasteiger partial charge in [0, 0.05) is 107 Å². The molecule has 0 radical (unpaired) electrons. The number of nitrogens with zero attached hydrogens (tertiary/aromatic N) is 9. The molecule has 366 valence electrons. The number of hydrogen-bond donors (Lipinski definition) is 3. The van der Waals surface area contributed by atoms with Crippen molar-refractivity contribution in [1.29, 1.82) is 0 Å². The predicted octanol–water partition coefficient (Wildman–Crippen LogP) is 6.00. The quantitative estimate of drug-likeness (QED) is 0.0916. The van der Waals surface area contributed by atoms with Crippen LogP contribution in [0.25, 0.3) is 11.0 Å². The zero-order valence-electron chi connectivity index (χ0n) is 39.9. The number of piperazine rings is 1. The summed E-state index contributed by atoms with van der Waals surface area (Å²) in [5.41, 5.74) is 6.60. The molecule has 0 saturated carbocycles. The molecular formula is C50H58BrN12O6P. The highest BCUT2D eigenvalue weighted by molar-refractivity contribution is 9.10. The van der Waals surface area contributed by atoms with E-state index in [2.05, 4.69) is 85.5 Å². The second kappa shape index (κ2) is 19.6. The predicted molar refractivity (Wildman–Crippen MR) is 274 cm³/mol. The number of amides is 4. The Balaban J connectivity index is 0.722. The molecule has 5 aliphatic heterocycles. The van der Waals surface area contributed by atoms with Gasteiger partial charge < -0.3 is 34.6 Å². The Morgan fingerprint density at radius 2 is 1.59 bits per heavy atom. The number of nitrogens with one attached hydrogen (secondary N) is 3. The van der Waals surface area contributed by atoms with Gasteiger partial charge in [-0.1, -0.05) is 6.92 Å². The molecule has 7 heterocycles. The molecule has 0 spiro atoms. The molecule has 4 amide bonds. The summed E-state index contributed by atoms with van der Waals surface area (Å²) in [7, 11) is -1.10. The van der Waals surface area contributed by atoms with Gasteiger partial charge in [-0.2, -0.15) is 4.98 Å². The average Bonchev–Trinajstić information content (AvgIpc) is 3.92. The zero-order chi connectivity index (χ0) is 48.8. The van der Waals surface area contributed by atoms with E-state index >= 15 is 0 Å². The van der Waals surface area contributed by atoms with Crippen molar-refractivity contribution < 1.29 is 28.5 Å². The minimum Gasteiger partial charge on any atom is -0.494 e. The van der Waals surface area contributed by atoms with Crippen molar-refractivity contribution in [1.82, 2.24) is 40.0 Å². The lowest BCUT2D eigenvalue weighted by Crippen LogP contribution is -2.54. The summed E-state index contributed by atoms with van der Waals surface area (Å²) in [6.45, 7) is 14.5. The lowest BCUT2D eigenvalue weighted by Gasteiger charge is -2.44. The van der Waals surface area contributed by atoms with Crippen LogP contribution in [-0.2, 0) is 20.6 Å². The molecule has 0 bridgehead atoms. The fourth-order valence-corrected chi connectivity index (χ4v) is 12.6. The Hall–Kier alpha value is -6.01. The van der Waals surface area contributed by atoms with Gasteiger partial charge in [0.2, 0.25) is 17.8 Å². The van der Waals surface area contributed by atoms with Gasteiger partial charge >= 0.3 is 0 Å². The number of halogens is 1. The van der Waals surface area contributed by atoms with E-state index in [-0.39, 0.29) is 18.7 Å². The summed E-state index contributed by atoms with van der Waals surface area (Å²) < 4.78 is 20.2. The highest BCUT2D eigenvalue weighted by Gasteiger charge is 2.45. The van der Waals surface area contributed by atoms with E-state index < -0.39 is 30.9 Å². The molecule has 4 fully saturated rings. The lowest BCUT2D eigenvalue weighted by atomic mass is 9.99. The van der Waals surface area contributed by atoms with Crippen molar-refractivity contribution in [3.8, 4) is 5.75 Å². The normalized spacial score (nSPS) is 20.6. The van der Waals surface area contributed by atoms with Crippen molar-refractivity contribution in [2.75, 3.05) is 99.8 Å². The Morgan fingerprint density at radius 1 is 0.829 bits per heavy atom. The second-order valence-corrected chi connectivity index (χ2v) is 23.2. The Bertz CT molecular complexity index is 2940. The number of aryl methyl sites for hydroxylation is 1. The van der Waals surface area contributed by atoms with Crippen LogP contribution in [0.5, 0.6) is 5.75 Å². The molecule has 3 N–H and O–H groups in total. The molecule has 20 heteroatoms. The van der Waals surface area contributed by atoms with E-state index in [0.29, 0.717) is 67.1 Å². The van der Waals surface area contributed by atoms with E-state index in [1.165, 1.54) is 11.3 Å². The smallest absolute Gasteiger partial charge is 0.262 e. The SMILES string of the molecule is CCc1cc(Nc2ncc(Br)c(Nc3ccc4nccnc4c3P(C)(C)=O)n2)c(OC)cc1N1CCC(N2CCN(C[C@@H]3CCN(c4ccc5c(c4)C(=O)N(C4CCC(=O)NC4=O)C5=O)C3)CC2)CC1. The van der Waals surface area contributed by atoms with Gasteiger partial charge in [-0.15, -0.1) is 0 Å². The standard InChI is InChI=1S/C50H58BrN12O6P/c1-5-31-24-39(56-50-54-27-36(51)46(58-50)55-38-9-8-37-44(53-16-15-52-37)45(38)70(3,4)68)42(69-2)26-41(31)61-18-13-32(14-19-61)60-22-20-59(21-23-60)28-30-12-17-62(29-30)33-6-7-34-35(25-33)49(67)63(48(34)66)40-10-11-43(64)57-47(40)65/h6-9,15-16,24-27,30,32,40H,5,10-14,17-23,28-29H2,1-4H3,(H,57,64,65)(H2,54,55,56,58)/t30-,40?/m0/s1. The van der Waals surface area contributed by atoms with E-state index in [1.807, 2.05) is 18.2 Å². The number of aromatic nitrogens is 4. The number of anilines is 6. The molecule has 2 aromatic heterocycles. The van der Waals surface area contributed by atoms with E-state index in [9.17, 15) is 23.7 Å². The number of piperidine rings is 2. The first-order valence-corrected chi connectivity index (χ1v) is 27.5. The van der Waals surface area contributed by atoms with Crippen molar-refractivity contribution in [3.63, 3.8) is 0 Å². The first-order chi connectivity index (χ1) is 33.8. The third kappa shape index (κ3) is 9.48. The molecular weight excluding hydrogens is 976 g/mol. The largest absolute Gasteiger partial charge is 0.494 e. The van der Waals surface area contributed by atoms with Crippen molar-refractivity contribution in [2.24, 2.45) is 5.92 Å². The number of carbonyl (C=O) groups is 4. The first kappa shape index (κ1) is 47.7. The van der Waals surface area contributed by atoms with Crippen LogP contribution >= 0.6 is 23.1 Å². The first-order valence-electron chi connectivity index (χ1n) is 24.1. The van der Waals surface area contributed by atoms with Gasteiger partial charge in [-0.05, 0) is 109 Å². The number of methoxy groups -OCH3 is 1. The molecule has 4 saturated heterocycles. The van der Waals surface area contributed by atoms with Crippen LogP contribution in [0.2, 0.25) is 0 Å². The summed E-state index contributed by atoms with van der Waals surface area (Å²) in [4.78, 5) is 80.3. The summed E-state index contributed by atoms with van der Waals surface area (Å²) in [6, 6.07) is 13.0. The molecule has 2 atom stereocenters. The van der Waals surface area contributed by atoms with Gasteiger partial charge in [-0.3, -0.25) is 44.3 Å². The number of hydrogen-bond acceptors (Lipinski definition) is 16. The summed E-state index contributed by atoms with van der Waals surface area (Å²) in [6.07, 6.45) is 9.21. The van der Waals surface area contributed by atoms with Crippen molar-refractivity contribution in [3.05, 3.63) is 82.2 Å². The Kier molecular flexibility index (Phi) is 13.4. The third-order valence-corrected chi connectivity index (χ3v) is 16.6. The maximum absolute atomic E-state index is 13.6. The number of carbonyl (C=O) groups excluding carboxylic acids is 4. The monoisotopic (exact) mass is 1030 g/mol. The Labute approximate surface area is 415 Å². The van der Waals surface area contributed by atoms with E-state index in [0.717, 1.165) is 101 Å². The highest BCUT2D eigenvalue weighted by Crippen LogP contribution is 2.42. The van der Waals surface area contributed by atoms with Gasteiger partial charge in [0.1, 0.15) is 30.3 Å². The molecule has 70 heavy (non-hydrogen) atoms. The fraction of sp³-hybridized carbons (Fsp3) is 0.440. The maximum Gasteiger partial charge on any atom is 0.262 e.